The molecule has 0 aromatic carbocycles. The van der Waals surface area contributed by atoms with Crippen molar-refractivity contribution in [1.29, 1.82) is 0 Å². The van der Waals surface area contributed by atoms with Crippen molar-refractivity contribution in [2.24, 2.45) is 18.9 Å². The third-order valence-electron chi connectivity index (χ3n) is 6.24. The summed E-state index contributed by atoms with van der Waals surface area (Å²) in [6.07, 6.45) is 6.25. The van der Waals surface area contributed by atoms with Crippen molar-refractivity contribution in [2.45, 2.75) is 37.5 Å². The number of sulfonamides is 1. The van der Waals surface area contributed by atoms with E-state index < -0.39 is 33.9 Å². The summed E-state index contributed by atoms with van der Waals surface area (Å²) in [6.45, 7) is 3.61. The number of carbonyl (C=O) groups excluding carboxylic acids is 1. The molecule has 2 bridgehead atoms. The minimum Gasteiger partial charge on any atom is -0.396 e. The van der Waals surface area contributed by atoms with Crippen LogP contribution in [0.5, 0.6) is 0 Å². The van der Waals surface area contributed by atoms with Crippen LogP contribution in [0.25, 0.3) is 6.08 Å². The fourth-order valence-electron chi connectivity index (χ4n) is 4.93. The summed E-state index contributed by atoms with van der Waals surface area (Å²) in [5.74, 6) is -1.86. The Morgan fingerprint density at radius 1 is 1.38 bits per heavy atom. The SMILES string of the molecule is C/C=C/c1ccc2n(c1=O)C[C@@H]1[C@@H](CO)[C@H](C(=O)NCC)[C@H]2N1S(=O)(=O)c1cn(C)cn1. The van der Waals surface area contributed by atoms with E-state index in [1.54, 1.807) is 45.2 Å². The van der Waals surface area contributed by atoms with Crippen LogP contribution in [0.15, 0.2) is 40.6 Å². The van der Waals surface area contributed by atoms with E-state index in [2.05, 4.69) is 10.3 Å². The number of allylic oxidation sites excluding steroid dienone is 1. The number of hydrogen-bond donors (Lipinski definition) is 2. The van der Waals surface area contributed by atoms with Gasteiger partial charge in [0.1, 0.15) is 0 Å². The van der Waals surface area contributed by atoms with Gasteiger partial charge in [-0.2, -0.15) is 4.31 Å². The molecule has 1 amide bonds. The number of aryl methyl sites for hydroxylation is 1. The second-order valence-corrected chi connectivity index (χ2v) is 9.91. The predicted molar refractivity (Wildman–Crippen MR) is 117 cm³/mol. The molecule has 10 nitrogen and oxygen atoms in total. The molecule has 0 spiro atoms. The monoisotopic (exact) mass is 461 g/mol. The number of pyridine rings is 1. The molecular formula is C21H27N5O5S. The maximum Gasteiger partial charge on any atom is 0.263 e. The van der Waals surface area contributed by atoms with Gasteiger partial charge in [0.05, 0.1) is 18.3 Å². The van der Waals surface area contributed by atoms with Gasteiger partial charge in [0.25, 0.3) is 15.6 Å². The minimum absolute atomic E-state index is 0.0449. The number of hydrogen-bond acceptors (Lipinski definition) is 6. The van der Waals surface area contributed by atoms with E-state index in [0.717, 1.165) is 0 Å². The average Bonchev–Trinajstić information content (AvgIpc) is 3.30. The van der Waals surface area contributed by atoms with Crippen molar-refractivity contribution in [3.8, 4) is 0 Å². The molecule has 0 unspecified atom stereocenters. The standard InChI is InChI=1S/C21H27N5O5S/c1-4-6-13-7-8-15-19-18(20(28)22-5-2)14(11-27)16(9-25(15)21(13)29)26(19)32(30,31)17-10-24(3)12-23-17/h4,6-8,10,12,14,16,18-19,27H,5,9,11H2,1-3H3,(H,22,28)/b6-4+/t14-,16-,18+,19+/m1/s1. The first-order valence-corrected chi connectivity index (χ1v) is 12.0. The first-order valence-electron chi connectivity index (χ1n) is 10.5. The van der Waals surface area contributed by atoms with Crippen LogP contribution >= 0.6 is 0 Å². The lowest BCUT2D eigenvalue weighted by atomic mass is 9.86. The van der Waals surface area contributed by atoms with Gasteiger partial charge in [-0.3, -0.25) is 9.59 Å². The molecular weight excluding hydrogens is 434 g/mol. The smallest absolute Gasteiger partial charge is 0.263 e. The number of aliphatic hydroxyl groups is 1. The molecule has 1 saturated heterocycles. The number of amides is 1. The Bertz CT molecular complexity index is 1230. The Morgan fingerprint density at radius 2 is 2.12 bits per heavy atom. The van der Waals surface area contributed by atoms with E-state index in [1.807, 2.05) is 0 Å². The molecule has 1 fully saturated rings. The highest BCUT2D eigenvalue weighted by atomic mass is 32.2. The molecule has 32 heavy (non-hydrogen) atoms. The van der Waals surface area contributed by atoms with E-state index in [-0.39, 0.29) is 29.6 Å². The third-order valence-corrected chi connectivity index (χ3v) is 8.03. The van der Waals surface area contributed by atoms with Crippen LogP contribution in [0.3, 0.4) is 0 Å². The Hall–Kier alpha value is -2.76. The van der Waals surface area contributed by atoms with Crippen LogP contribution in [0.2, 0.25) is 0 Å². The molecule has 2 aromatic heterocycles. The van der Waals surface area contributed by atoms with E-state index in [0.29, 0.717) is 17.8 Å². The van der Waals surface area contributed by atoms with Gasteiger partial charge in [0.2, 0.25) is 5.91 Å². The lowest BCUT2D eigenvalue weighted by molar-refractivity contribution is -0.127. The summed E-state index contributed by atoms with van der Waals surface area (Å²) >= 11 is 0. The molecule has 4 atom stereocenters. The van der Waals surface area contributed by atoms with Crippen LogP contribution in [0, 0.1) is 11.8 Å². The number of aromatic nitrogens is 3. The Balaban J connectivity index is 1.94. The highest BCUT2D eigenvalue weighted by molar-refractivity contribution is 7.89. The first-order chi connectivity index (χ1) is 15.3. The molecule has 4 rings (SSSR count). The van der Waals surface area contributed by atoms with Crippen LogP contribution in [-0.4, -0.2) is 57.0 Å². The van der Waals surface area contributed by atoms with E-state index >= 15 is 0 Å². The fourth-order valence-corrected chi connectivity index (χ4v) is 6.74. The molecule has 0 saturated carbocycles. The molecule has 2 N–H and O–H groups in total. The highest BCUT2D eigenvalue weighted by Crippen LogP contribution is 2.50. The Morgan fingerprint density at radius 3 is 2.72 bits per heavy atom. The second kappa shape index (κ2) is 8.30. The van der Waals surface area contributed by atoms with Crippen molar-refractivity contribution in [2.75, 3.05) is 13.2 Å². The Kier molecular flexibility index (Phi) is 5.82. The number of fused-ring (bicyclic) bond motifs is 4. The van der Waals surface area contributed by atoms with E-state index in [4.69, 9.17) is 0 Å². The fraction of sp³-hybridized carbons (Fsp3) is 0.476. The van der Waals surface area contributed by atoms with Crippen LogP contribution in [0.4, 0.5) is 0 Å². The summed E-state index contributed by atoms with van der Waals surface area (Å²) in [7, 11) is -2.43. The topological polar surface area (TPSA) is 127 Å². The van der Waals surface area contributed by atoms with Crippen LogP contribution < -0.4 is 10.9 Å². The zero-order valence-electron chi connectivity index (χ0n) is 18.2. The summed E-state index contributed by atoms with van der Waals surface area (Å²) in [5, 5.41) is 12.9. The van der Waals surface area contributed by atoms with Gasteiger partial charge in [0, 0.05) is 56.2 Å². The quantitative estimate of drug-likeness (QED) is 0.629. The second-order valence-electron chi connectivity index (χ2n) is 8.12. The van der Waals surface area contributed by atoms with Gasteiger partial charge in [-0.25, -0.2) is 13.4 Å². The zero-order valence-corrected chi connectivity index (χ0v) is 19.0. The normalized spacial score (nSPS) is 25.2. The lowest BCUT2D eigenvalue weighted by Gasteiger charge is -2.36. The summed E-state index contributed by atoms with van der Waals surface area (Å²) < 4.78 is 31.7. The maximum absolute atomic E-state index is 13.7. The van der Waals surface area contributed by atoms with E-state index in [9.17, 15) is 23.1 Å². The molecule has 0 aliphatic carbocycles. The number of nitrogens with zero attached hydrogens (tertiary/aromatic N) is 4. The summed E-state index contributed by atoms with van der Waals surface area (Å²) in [6, 6.07) is 1.64. The Labute approximate surface area is 186 Å². The molecule has 11 heteroatoms. The average molecular weight is 462 g/mol. The number of aliphatic hydroxyl groups excluding tert-OH is 1. The van der Waals surface area contributed by atoms with Gasteiger partial charge in [-0.15, -0.1) is 0 Å². The van der Waals surface area contributed by atoms with Crippen molar-refractivity contribution >= 4 is 22.0 Å². The van der Waals surface area contributed by atoms with Gasteiger partial charge in [-0.1, -0.05) is 12.2 Å². The molecule has 2 aliphatic rings. The van der Waals surface area contributed by atoms with Gasteiger partial charge in [-0.05, 0) is 26.0 Å². The molecule has 4 heterocycles. The molecule has 2 aromatic rings. The first kappa shape index (κ1) is 22.4. The summed E-state index contributed by atoms with van der Waals surface area (Å²) in [4.78, 5) is 30.2. The van der Waals surface area contributed by atoms with Gasteiger partial charge in [0.15, 0.2) is 5.03 Å². The van der Waals surface area contributed by atoms with Crippen LogP contribution in [0.1, 0.15) is 31.1 Å². The number of carbonyl (C=O) groups is 1. The highest BCUT2D eigenvalue weighted by Gasteiger charge is 2.60. The van der Waals surface area contributed by atoms with Gasteiger partial charge >= 0.3 is 0 Å². The molecule has 172 valence electrons. The van der Waals surface area contributed by atoms with Crippen molar-refractivity contribution in [3.63, 3.8) is 0 Å². The number of nitrogens with one attached hydrogen (secondary N) is 1. The number of rotatable bonds is 6. The van der Waals surface area contributed by atoms with E-state index in [1.165, 1.54) is 26.0 Å². The third kappa shape index (κ3) is 3.31. The maximum atomic E-state index is 13.7. The summed E-state index contributed by atoms with van der Waals surface area (Å²) in [5.41, 5.74) is 0.664. The largest absolute Gasteiger partial charge is 0.396 e. The number of imidazole rings is 1. The van der Waals surface area contributed by atoms with Gasteiger partial charge < -0.3 is 19.6 Å². The minimum atomic E-state index is -4.10. The van der Waals surface area contributed by atoms with Crippen molar-refractivity contribution < 1.29 is 18.3 Å². The lowest BCUT2D eigenvalue weighted by Crippen LogP contribution is -2.49. The van der Waals surface area contributed by atoms with Crippen molar-refractivity contribution in [3.05, 3.63) is 52.3 Å². The van der Waals surface area contributed by atoms with Crippen molar-refractivity contribution in [1.82, 2.24) is 23.7 Å². The van der Waals surface area contributed by atoms with Crippen LogP contribution in [-0.2, 0) is 28.4 Å². The zero-order chi connectivity index (χ0) is 23.2. The molecule has 2 aliphatic heterocycles. The predicted octanol–water partition coefficient (Wildman–Crippen LogP) is 0.104. The molecule has 0 radical (unpaired) electrons.